The fourth-order valence-corrected chi connectivity index (χ4v) is 2.67. The van der Waals surface area contributed by atoms with Gasteiger partial charge in [-0.25, -0.2) is 9.37 Å². The number of alkyl halides is 3. The molecule has 0 fully saturated rings. The van der Waals surface area contributed by atoms with Gasteiger partial charge < -0.3 is 14.6 Å². The number of benzene rings is 2. The van der Waals surface area contributed by atoms with Gasteiger partial charge in [0.15, 0.2) is 0 Å². The number of nitrogens with one attached hydrogen (secondary N) is 1. The van der Waals surface area contributed by atoms with Crippen LogP contribution in [0.15, 0.2) is 60.9 Å². The van der Waals surface area contributed by atoms with Crippen LogP contribution < -0.4 is 10.1 Å². The molecule has 3 aromatic rings. The quantitative estimate of drug-likeness (QED) is 0.668. The van der Waals surface area contributed by atoms with Crippen LogP contribution in [-0.4, -0.2) is 21.8 Å². The molecule has 9 heteroatoms. The van der Waals surface area contributed by atoms with Crippen molar-refractivity contribution >= 4 is 5.91 Å². The summed E-state index contributed by atoms with van der Waals surface area (Å²) in [7, 11) is 1.70. The van der Waals surface area contributed by atoms with Crippen molar-refractivity contribution in [1.29, 1.82) is 0 Å². The number of carbonyl (C=O) groups is 1. The third kappa shape index (κ3) is 4.48. The van der Waals surface area contributed by atoms with Crippen molar-refractivity contribution in [2.45, 2.75) is 12.4 Å². The lowest BCUT2D eigenvalue weighted by Crippen LogP contribution is -2.31. The molecule has 0 saturated heterocycles. The van der Waals surface area contributed by atoms with E-state index in [2.05, 4.69) is 15.0 Å². The SMILES string of the molecule is Cn1ccnc1C(NC(=O)c1ccc(OC(F)(F)F)cc1)c1ccccc1F. The Hall–Kier alpha value is -3.36. The molecule has 1 unspecified atom stereocenters. The highest BCUT2D eigenvalue weighted by molar-refractivity contribution is 5.94. The summed E-state index contributed by atoms with van der Waals surface area (Å²) >= 11 is 0. The van der Waals surface area contributed by atoms with Crippen LogP contribution in [0, 0.1) is 5.82 Å². The van der Waals surface area contributed by atoms with E-state index in [1.165, 1.54) is 36.5 Å². The maximum atomic E-state index is 14.3. The van der Waals surface area contributed by atoms with Crippen LogP contribution in [0.4, 0.5) is 17.6 Å². The van der Waals surface area contributed by atoms with Crippen molar-refractivity contribution in [1.82, 2.24) is 14.9 Å². The first-order valence-electron chi connectivity index (χ1n) is 8.13. The predicted molar refractivity (Wildman–Crippen MR) is 92.0 cm³/mol. The number of aryl methyl sites for hydroxylation is 1. The molecule has 1 atom stereocenters. The predicted octanol–water partition coefficient (Wildman–Crippen LogP) is 3.98. The number of carbonyl (C=O) groups excluding carboxylic acids is 1. The number of hydrogen-bond acceptors (Lipinski definition) is 3. The zero-order chi connectivity index (χ0) is 20.3. The lowest BCUT2D eigenvalue weighted by molar-refractivity contribution is -0.274. The lowest BCUT2D eigenvalue weighted by atomic mass is 10.0. The summed E-state index contributed by atoms with van der Waals surface area (Å²) in [5.41, 5.74) is 0.298. The molecule has 1 aromatic heterocycles. The summed E-state index contributed by atoms with van der Waals surface area (Å²) in [6, 6.07) is 9.48. The van der Waals surface area contributed by atoms with Crippen LogP contribution >= 0.6 is 0 Å². The van der Waals surface area contributed by atoms with E-state index < -0.39 is 29.9 Å². The molecule has 0 bridgehead atoms. The van der Waals surface area contributed by atoms with Gasteiger partial charge in [0.05, 0.1) is 0 Å². The zero-order valence-corrected chi connectivity index (χ0v) is 14.6. The van der Waals surface area contributed by atoms with Crippen LogP contribution in [0.1, 0.15) is 27.8 Å². The molecule has 0 aliphatic heterocycles. The van der Waals surface area contributed by atoms with E-state index in [1.54, 1.807) is 23.9 Å². The third-order valence-electron chi connectivity index (χ3n) is 3.96. The zero-order valence-electron chi connectivity index (χ0n) is 14.6. The Morgan fingerprint density at radius 2 is 1.82 bits per heavy atom. The standard InChI is InChI=1S/C19H15F4N3O2/c1-26-11-10-24-17(26)16(14-4-2-3-5-15(14)20)25-18(27)12-6-8-13(9-7-12)28-19(21,22)23/h2-11,16H,1H3,(H,25,27). The Labute approximate surface area is 157 Å². The molecule has 1 N–H and O–H groups in total. The Morgan fingerprint density at radius 1 is 1.14 bits per heavy atom. The molecule has 2 aromatic carbocycles. The molecule has 1 heterocycles. The maximum absolute atomic E-state index is 14.3. The molecule has 146 valence electrons. The number of imidazole rings is 1. The van der Waals surface area contributed by atoms with Crippen LogP contribution in [0.25, 0.3) is 0 Å². The summed E-state index contributed by atoms with van der Waals surface area (Å²) in [6.07, 6.45) is -1.66. The summed E-state index contributed by atoms with van der Waals surface area (Å²) in [6.45, 7) is 0. The molecule has 0 radical (unpaired) electrons. The second-order valence-corrected chi connectivity index (χ2v) is 5.90. The van der Waals surface area contributed by atoms with Gasteiger partial charge in [-0.05, 0) is 30.3 Å². The first kappa shape index (κ1) is 19.4. The number of aromatic nitrogens is 2. The van der Waals surface area contributed by atoms with E-state index >= 15 is 0 Å². The van der Waals surface area contributed by atoms with Gasteiger partial charge in [0.1, 0.15) is 23.4 Å². The molecule has 1 amide bonds. The highest BCUT2D eigenvalue weighted by atomic mass is 19.4. The van der Waals surface area contributed by atoms with Crippen molar-refractivity contribution in [3.05, 3.63) is 83.7 Å². The fraction of sp³-hybridized carbons (Fsp3) is 0.158. The lowest BCUT2D eigenvalue weighted by Gasteiger charge is -2.20. The molecule has 3 rings (SSSR count). The van der Waals surface area contributed by atoms with Crippen LogP contribution in [-0.2, 0) is 7.05 Å². The molecule has 28 heavy (non-hydrogen) atoms. The molecule has 0 aliphatic carbocycles. The number of amides is 1. The molecular formula is C19H15F4N3O2. The molecule has 5 nitrogen and oxygen atoms in total. The number of rotatable bonds is 5. The second-order valence-electron chi connectivity index (χ2n) is 5.90. The average molecular weight is 393 g/mol. The summed E-state index contributed by atoms with van der Waals surface area (Å²) in [4.78, 5) is 16.8. The van der Waals surface area contributed by atoms with Crippen molar-refractivity contribution < 1.29 is 27.1 Å². The Morgan fingerprint density at radius 3 is 2.39 bits per heavy atom. The van der Waals surface area contributed by atoms with Gasteiger partial charge in [-0.3, -0.25) is 4.79 Å². The minimum absolute atomic E-state index is 0.0880. The smallest absolute Gasteiger partial charge is 0.406 e. The van der Waals surface area contributed by atoms with Gasteiger partial charge in [-0.1, -0.05) is 18.2 Å². The number of halogens is 4. The van der Waals surface area contributed by atoms with Gasteiger partial charge >= 0.3 is 6.36 Å². The van der Waals surface area contributed by atoms with E-state index in [4.69, 9.17) is 0 Å². The first-order chi connectivity index (χ1) is 13.2. The molecule has 0 aliphatic rings. The van der Waals surface area contributed by atoms with Crippen molar-refractivity contribution in [3.8, 4) is 5.75 Å². The van der Waals surface area contributed by atoms with Crippen molar-refractivity contribution in [2.24, 2.45) is 7.05 Å². The van der Waals surface area contributed by atoms with Crippen molar-refractivity contribution in [3.63, 3.8) is 0 Å². The summed E-state index contributed by atoms with van der Waals surface area (Å²) in [5.74, 6) is -1.17. The van der Waals surface area contributed by atoms with E-state index in [1.807, 2.05) is 0 Å². The Bertz CT molecular complexity index is 968. The highest BCUT2D eigenvalue weighted by Crippen LogP contribution is 2.25. The maximum Gasteiger partial charge on any atom is 0.573 e. The number of hydrogen-bond donors (Lipinski definition) is 1. The monoisotopic (exact) mass is 393 g/mol. The first-order valence-corrected chi connectivity index (χ1v) is 8.13. The largest absolute Gasteiger partial charge is 0.573 e. The minimum Gasteiger partial charge on any atom is -0.406 e. The normalized spacial score (nSPS) is 12.5. The van der Waals surface area contributed by atoms with Crippen LogP contribution in [0.2, 0.25) is 0 Å². The van der Waals surface area contributed by atoms with Gasteiger partial charge in [0.2, 0.25) is 0 Å². The van der Waals surface area contributed by atoms with Crippen LogP contribution in [0.3, 0.4) is 0 Å². The second kappa shape index (κ2) is 7.71. The van der Waals surface area contributed by atoms with E-state index in [9.17, 15) is 22.4 Å². The molecular weight excluding hydrogens is 378 g/mol. The van der Waals surface area contributed by atoms with Gasteiger partial charge in [0.25, 0.3) is 5.91 Å². The minimum atomic E-state index is -4.82. The van der Waals surface area contributed by atoms with E-state index in [0.717, 1.165) is 12.1 Å². The van der Waals surface area contributed by atoms with Gasteiger partial charge in [-0.15, -0.1) is 13.2 Å². The van der Waals surface area contributed by atoms with E-state index in [-0.39, 0.29) is 11.1 Å². The fourth-order valence-electron chi connectivity index (χ4n) is 2.67. The summed E-state index contributed by atoms with van der Waals surface area (Å²) < 4.78 is 56.5. The van der Waals surface area contributed by atoms with Crippen molar-refractivity contribution in [2.75, 3.05) is 0 Å². The highest BCUT2D eigenvalue weighted by Gasteiger charge is 2.31. The Balaban J connectivity index is 1.86. The third-order valence-corrected chi connectivity index (χ3v) is 3.96. The van der Waals surface area contributed by atoms with Gasteiger partial charge in [0, 0.05) is 30.6 Å². The number of ether oxygens (including phenoxy) is 1. The van der Waals surface area contributed by atoms with Crippen LogP contribution in [0.5, 0.6) is 5.75 Å². The molecule has 0 saturated carbocycles. The molecule has 0 spiro atoms. The number of nitrogens with zero attached hydrogens (tertiary/aromatic N) is 2. The van der Waals surface area contributed by atoms with E-state index in [0.29, 0.717) is 5.82 Å². The average Bonchev–Trinajstić information content (AvgIpc) is 3.05. The topological polar surface area (TPSA) is 56.2 Å². The van der Waals surface area contributed by atoms with Gasteiger partial charge in [-0.2, -0.15) is 0 Å². The Kier molecular flexibility index (Phi) is 5.34. The summed E-state index contributed by atoms with van der Waals surface area (Å²) in [5, 5.41) is 2.68.